The first-order chi connectivity index (χ1) is 11.1. The molecule has 0 radical (unpaired) electrons. The van der Waals surface area contributed by atoms with E-state index < -0.39 is 0 Å². The van der Waals surface area contributed by atoms with Gasteiger partial charge in [0.2, 0.25) is 0 Å². The van der Waals surface area contributed by atoms with Crippen molar-refractivity contribution in [2.45, 2.75) is 31.1 Å². The van der Waals surface area contributed by atoms with Crippen molar-refractivity contribution in [1.82, 2.24) is 16.0 Å². The smallest absolute Gasteiger partial charge is 0.251 e. The number of carbonyl (C=O) groups excluding carboxylic acids is 1. The van der Waals surface area contributed by atoms with Crippen molar-refractivity contribution in [3.05, 3.63) is 35.4 Å². The second-order valence-corrected chi connectivity index (χ2v) is 7.64. The van der Waals surface area contributed by atoms with Crippen LogP contribution in [0.2, 0.25) is 0 Å². The molecule has 3 N–H and O–H groups in total. The highest BCUT2D eigenvalue weighted by atomic mass is 32.2. The van der Waals surface area contributed by atoms with Crippen molar-refractivity contribution in [2.24, 2.45) is 4.99 Å². The predicted molar refractivity (Wildman–Crippen MR) is 98.1 cm³/mol. The Balaban J connectivity index is 1.82. The standard InChI is InChI=1S/C17H26N4OS/c1-17(9-4-10-23-17)12-21-16(19-3)20-11-13-5-7-14(8-6-13)15(22)18-2/h5-8H,4,9-12H2,1-3H3,(H,18,22)(H2,19,20,21). The summed E-state index contributed by atoms with van der Waals surface area (Å²) in [6.45, 7) is 3.91. The van der Waals surface area contributed by atoms with Crippen LogP contribution >= 0.6 is 11.8 Å². The quantitative estimate of drug-likeness (QED) is 0.569. The third kappa shape index (κ3) is 5.16. The largest absolute Gasteiger partial charge is 0.355 e. The maximum absolute atomic E-state index is 11.5. The molecule has 2 rings (SSSR count). The first-order valence-corrected chi connectivity index (χ1v) is 8.94. The molecule has 1 fully saturated rings. The lowest BCUT2D eigenvalue weighted by atomic mass is 10.1. The molecule has 6 heteroatoms. The van der Waals surface area contributed by atoms with E-state index in [4.69, 9.17) is 0 Å². The molecule has 0 saturated carbocycles. The Morgan fingerprint density at radius 2 is 2.04 bits per heavy atom. The lowest BCUT2D eigenvalue weighted by Gasteiger charge is -2.24. The molecule has 126 valence electrons. The number of aliphatic imine (C=N–C) groups is 1. The molecule has 0 bridgehead atoms. The van der Waals surface area contributed by atoms with E-state index in [1.165, 1.54) is 18.6 Å². The van der Waals surface area contributed by atoms with Crippen molar-refractivity contribution in [2.75, 3.05) is 26.4 Å². The van der Waals surface area contributed by atoms with Crippen LogP contribution in [0.1, 0.15) is 35.7 Å². The zero-order valence-electron chi connectivity index (χ0n) is 14.1. The maximum Gasteiger partial charge on any atom is 0.251 e. The molecule has 1 unspecified atom stereocenters. The zero-order chi connectivity index (χ0) is 16.7. The minimum atomic E-state index is -0.0655. The van der Waals surface area contributed by atoms with Crippen molar-refractivity contribution in [3.8, 4) is 0 Å². The van der Waals surface area contributed by atoms with E-state index in [1.54, 1.807) is 14.1 Å². The Kier molecular flexibility index (Phi) is 6.33. The Bertz CT molecular complexity index is 550. The molecule has 1 amide bonds. The summed E-state index contributed by atoms with van der Waals surface area (Å²) in [5.74, 6) is 2.00. The first kappa shape index (κ1) is 17.7. The molecule has 0 aliphatic carbocycles. The number of nitrogens with zero attached hydrogens (tertiary/aromatic N) is 1. The molecule has 1 aliphatic heterocycles. The molecular weight excluding hydrogens is 308 g/mol. The number of amides is 1. The van der Waals surface area contributed by atoms with Gasteiger partial charge < -0.3 is 16.0 Å². The molecule has 1 aromatic rings. The SMILES string of the molecule is CN=C(NCc1ccc(C(=O)NC)cc1)NCC1(C)CCCS1. The van der Waals surface area contributed by atoms with Gasteiger partial charge in [-0.1, -0.05) is 12.1 Å². The lowest BCUT2D eigenvalue weighted by Crippen LogP contribution is -2.43. The van der Waals surface area contributed by atoms with E-state index in [0.29, 0.717) is 16.9 Å². The molecule has 23 heavy (non-hydrogen) atoms. The normalized spacial score (nSPS) is 21.1. The number of hydrogen-bond acceptors (Lipinski definition) is 3. The maximum atomic E-state index is 11.5. The molecule has 5 nitrogen and oxygen atoms in total. The van der Waals surface area contributed by atoms with Crippen LogP contribution in [-0.2, 0) is 6.54 Å². The number of hydrogen-bond donors (Lipinski definition) is 3. The minimum absolute atomic E-state index is 0.0655. The molecule has 1 aliphatic rings. The molecule has 1 atom stereocenters. The topological polar surface area (TPSA) is 65.5 Å². The fraction of sp³-hybridized carbons (Fsp3) is 0.529. The number of carbonyl (C=O) groups is 1. The Morgan fingerprint density at radius 3 is 2.61 bits per heavy atom. The number of rotatable bonds is 5. The van der Waals surface area contributed by atoms with E-state index in [9.17, 15) is 4.79 Å². The summed E-state index contributed by atoms with van der Waals surface area (Å²) in [7, 11) is 3.42. The van der Waals surface area contributed by atoms with Gasteiger partial charge in [-0.3, -0.25) is 9.79 Å². The van der Waals surface area contributed by atoms with Crippen molar-refractivity contribution in [3.63, 3.8) is 0 Å². The predicted octanol–water partition coefficient (Wildman–Crippen LogP) is 2.00. The molecule has 1 heterocycles. The first-order valence-electron chi connectivity index (χ1n) is 7.96. The molecule has 0 spiro atoms. The van der Waals surface area contributed by atoms with Gasteiger partial charge in [0.1, 0.15) is 0 Å². The summed E-state index contributed by atoms with van der Waals surface area (Å²) in [5.41, 5.74) is 1.78. The van der Waals surface area contributed by atoms with Crippen LogP contribution in [0.3, 0.4) is 0 Å². The van der Waals surface area contributed by atoms with Crippen LogP contribution in [0.15, 0.2) is 29.3 Å². The Labute approximate surface area is 142 Å². The minimum Gasteiger partial charge on any atom is -0.355 e. The molecule has 1 aromatic carbocycles. The second-order valence-electron chi connectivity index (χ2n) is 5.96. The highest BCUT2D eigenvalue weighted by molar-refractivity contribution is 8.00. The van der Waals surface area contributed by atoms with Gasteiger partial charge in [-0.05, 0) is 43.2 Å². The van der Waals surface area contributed by atoms with E-state index in [1.807, 2.05) is 36.0 Å². The Hall–Kier alpha value is -1.69. The highest BCUT2D eigenvalue weighted by Crippen LogP contribution is 2.36. The summed E-state index contributed by atoms with van der Waals surface area (Å²) in [6.07, 6.45) is 2.55. The molecule has 0 aromatic heterocycles. The monoisotopic (exact) mass is 334 g/mol. The summed E-state index contributed by atoms with van der Waals surface area (Å²) < 4.78 is 0.312. The van der Waals surface area contributed by atoms with Crippen LogP contribution in [-0.4, -0.2) is 43.0 Å². The van der Waals surface area contributed by atoms with Gasteiger partial charge in [0.05, 0.1) is 0 Å². The average Bonchev–Trinajstić information content (AvgIpc) is 3.01. The summed E-state index contributed by atoms with van der Waals surface area (Å²) in [5, 5.41) is 9.35. The fourth-order valence-corrected chi connectivity index (χ4v) is 3.82. The van der Waals surface area contributed by atoms with Gasteiger partial charge in [0.15, 0.2) is 5.96 Å². The fourth-order valence-electron chi connectivity index (χ4n) is 2.57. The van der Waals surface area contributed by atoms with Crippen LogP contribution in [0, 0.1) is 0 Å². The number of nitrogens with one attached hydrogen (secondary N) is 3. The molecular formula is C17H26N4OS. The number of benzene rings is 1. The third-order valence-electron chi connectivity index (χ3n) is 4.06. The highest BCUT2D eigenvalue weighted by Gasteiger charge is 2.29. The van der Waals surface area contributed by atoms with Crippen molar-refractivity contribution in [1.29, 1.82) is 0 Å². The number of guanidine groups is 1. The van der Waals surface area contributed by atoms with Gasteiger partial charge in [-0.2, -0.15) is 11.8 Å². The van der Waals surface area contributed by atoms with Crippen molar-refractivity contribution >= 4 is 23.6 Å². The zero-order valence-corrected chi connectivity index (χ0v) is 14.9. The summed E-state index contributed by atoms with van der Waals surface area (Å²) in [6, 6.07) is 7.59. The van der Waals surface area contributed by atoms with Crippen molar-refractivity contribution < 1.29 is 4.79 Å². The van der Waals surface area contributed by atoms with Crippen LogP contribution in [0.25, 0.3) is 0 Å². The van der Waals surface area contributed by atoms with E-state index in [0.717, 1.165) is 18.1 Å². The van der Waals surface area contributed by atoms with E-state index in [-0.39, 0.29) is 5.91 Å². The van der Waals surface area contributed by atoms with Crippen LogP contribution < -0.4 is 16.0 Å². The van der Waals surface area contributed by atoms with Gasteiger partial charge in [-0.15, -0.1) is 0 Å². The second kappa shape index (κ2) is 8.24. The van der Waals surface area contributed by atoms with E-state index >= 15 is 0 Å². The van der Waals surface area contributed by atoms with E-state index in [2.05, 4.69) is 27.9 Å². The lowest BCUT2D eigenvalue weighted by molar-refractivity contribution is 0.0963. The molecule has 1 saturated heterocycles. The summed E-state index contributed by atoms with van der Waals surface area (Å²) >= 11 is 2.03. The van der Waals surface area contributed by atoms with Gasteiger partial charge >= 0.3 is 0 Å². The average molecular weight is 334 g/mol. The third-order valence-corrected chi connectivity index (χ3v) is 5.60. The van der Waals surface area contributed by atoms with Gasteiger partial charge in [-0.25, -0.2) is 0 Å². The van der Waals surface area contributed by atoms with Gasteiger partial charge in [0.25, 0.3) is 5.91 Å². The van der Waals surface area contributed by atoms with Crippen LogP contribution in [0.5, 0.6) is 0 Å². The van der Waals surface area contributed by atoms with Crippen LogP contribution in [0.4, 0.5) is 0 Å². The number of thioether (sulfide) groups is 1. The Morgan fingerprint density at radius 1 is 1.30 bits per heavy atom. The van der Waals surface area contributed by atoms with Gasteiger partial charge in [0, 0.05) is 37.5 Å². The summed E-state index contributed by atoms with van der Waals surface area (Å²) in [4.78, 5) is 15.8.